The molecule has 0 saturated carbocycles. The molecule has 1 N–H and O–H groups in total. The first kappa shape index (κ1) is 14.0. The normalized spacial score (nSPS) is 23.6. The van der Waals surface area contributed by atoms with E-state index in [-0.39, 0.29) is 0 Å². The minimum Gasteiger partial charge on any atom is -0.283 e. The number of H-pyrrole nitrogens is 1. The van der Waals surface area contributed by atoms with Crippen molar-refractivity contribution in [3.63, 3.8) is 0 Å². The van der Waals surface area contributed by atoms with Gasteiger partial charge in [0, 0.05) is 26.2 Å². The summed E-state index contributed by atoms with van der Waals surface area (Å²) in [5, 5.41) is 11.3. The molecule has 3 heterocycles. The molecule has 1 aromatic rings. The molecule has 5 nitrogen and oxygen atoms in total. The predicted octanol–water partition coefficient (Wildman–Crippen LogP) is 2.56. The van der Waals surface area contributed by atoms with Crippen LogP contribution < -0.4 is 0 Å². The summed E-state index contributed by atoms with van der Waals surface area (Å²) < 4.78 is 0. The Morgan fingerprint density at radius 2 is 1.30 bits per heavy atom. The molecular weight excluding hydrogens is 250 g/mol. The maximum absolute atomic E-state index is 4.41. The topological polar surface area (TPSA) is 48.1 Å². The lowest BCUT2D eigenvalue weighted by Gasteiger charge is -2.37. The molecule has 0 radical (unpaired) electrons. The molecule has 2 aliphatic rings. The van der Waals surface area contributed by atoms with Gasteiger partial charge in [-0.3, -0.25) is 9.80 Å². The van der Waals surface area contributed by atoms with Gasteiger partial charge in [0.15, 0.2) is 0 Å². The van der Waals surface area contributed by atoms with Crippen molar-refractivity contribution >= 4 is 0 Å². The van der Waals surface area contributed by atoms with Crippen LogP contribution in [-0.2, 0) is 0 Å². The Morgan fingerprint density at radius 1 is 0.800 bits per heavy atom. The Morgan fingerprint density at radius 3 is 1.70 bits per heavy atom. The molecule has 2 aliphatic heterocycles. The summed E-state index contributed by atoms with van der Waals surface area (Å²) in [7, 11) is 0. The van der Waals surface area contributed by atoms with Gasteiger partial charge < -0.3 is 0 Å². The second-order valence-electron chi connectivity index (χ2n) is 6.17. The molecule has 0 spiro atoms. The van der Waals surface area contributed by atoms with E-state index in [2.05, 4.69) is 25.2 Å². The molecular formula is C15H27N5. The van der Waals surface area contributed by atoms with Crippen molar-refractivity contribution in [3.05, 3.63) is 11.9 Å². The molecule has 0 aliphatic carbocycles. The first-order valence-corrected chi connectivity index (χ1v) is 8.29. The predicted molar refractivity (Wildman–Crippen MR) is 79.2 cm³/mol. The Kier molecular flexibility index (Phi) is 5.03. The minimum absolute atomic E-state index is 0.338. The molecule has 2 saturated heterocycles. The summed E-state index contributed by atoms with van der Waals surface area (Å²) in [6, 6.07) is 0. The quantitative estimate of drug-likeness (QED) is 0.922. The number of likely N-dealkylation sites (tertiary alicyclic amines) is 2. The van der Waals surface area contributed by atoms with Gasteiger partial charge in [0.2, 0.25) is 0 Å². The highest BCUT2D eigenvalue weighted by molar-refractivity contribution is 5.00. The highest BCUT2D eigenvalue weighted by Gasteiger charge is 2.29. The van der Waals surface area contributed by atoms with Gasteiger partial charge in [-0.25, -0.2) is 0 Å². The fraction of sp³-hybridized carbons (Fsp3) is 0.867. The van der Waals surface area contributed by atoms with Crippen LogP contribution in [0.25, 0.3) is 0 Å². The molecule has 0 bridgehead atoms. The van der Waals surface area contributed by atoms with Crippen LogP contribution in [0.4, 0.5) is 0 Å². The van der Waals surface area contributed by atoms with E-state index in [0.717, 1.165) is 5.69 Å². The number of rotatable bonds is 3. The summed E-state index contributed by atoms with van der Waals surface area (Å²) in [4.78, 5) is 5.27. The van der Waals surface area contributed by atoms with E-state index in [1.165, 1.54) is 77.5 Å². The van der Waals surface area contributed by atoms with Crippen LogP contribution in [0.3, 0.4) is 0 Å². The smallest absolute Gasteiger partial charge is 0.114 e. The molecule has 0 amide bonds. The van der Waals surface area contributed by atoms with Crippen molar-refractivity contribution in [3.8, 4) is 0 Å². The first-order valence-electron chi connectivity index (χ1n) is 8.29. The zero-order valence-electron chi connectivity index (χ0n) is 12.4. The van der Waals surface area contributed by atoms with E-state index in [1.807, 2.05) is 6.20 Å². The molecule has 20 heavy (non-hydrogen) atoms. The second kappa shape index (κ2) is 7.18. The first-order chi connectivity index (χ1) is 9.95. The standard InChI is InChI=1S/C15H27N5/c1-2-6-10-19(9-5-1)15(14-13-16-18-17-14)20-11-7-3-4-8-12-20/h13,15H,1-12H2,(H,16,17,18). The van der Waals surface area contributed by atoms with Crippen molar-refractivity contribution in [2.45, 2.75) is 57.5 Å². The average Bonchev–Trinajstić information content (AvgIpc) is 2.71. The molecule has 2 fully saturated rings. The zero-order valence-corrected chi connectivity index (χ0v) is 12.4. The molecule has 0 aromatic carbocycles. The summed E-state index contributed by atoms with van der Waals surface area (Å²) in [6.07, 6.45) is 13.0. The SMILES string of the molecule is c1n[nH]nc1C(N1CCCCCC1)N1CCCCCC1. The van der Waals surface area contributed by atoms with Crippen molar-refractivity contribution in [1.29, 1.82) is 0 Å². The number of hydrogen-bond donors (Lipinski definition) is 1. The fourth-order valence-electron chi connectivity index (χ4n) is 3.62. The third kappa shape index (κ3) is 3.38. The van der Waals surface area contributed by atoms with Crippen LogP contribution in [0.15, 0.2) is 6.20 Å². The van der Waals surface area contributed by atoms with Crippen molar-refractivity contribution in [2.75, 3.05) is 26.2 Å². The van der Waals surface area contributed by atoms with Crippen LogP contribution in [-0.4, -0.2) is 51.4 Å². The van der Waals surface area contributed by atoms with Gasteiger partial charge in [0.25, 0.3) is 0 Å². The Hall–Kier alpha value is -0.940. The summed E-state index contributed by atoms with van der Waals surface area (Å²) in [5.41, 5.74) is 1.11. The van der Waals surface area contributed by atoms with Crippen LogP contribution in [0, 0.1) is 0 Å². The van der Waals surface area contributed by atoms with E-state index < -0.39 is 0 Å². The van der Waals surface area contributed by atoms with Crippen molar-refractivity contribution < 1.29 is 0 Å². The van der Waals surface area contributed by atoms with Gasteiger partial charge in [-0.15, -0.1) is 0 Å². The van der Waals surface area contributed by atoms with Crippen LogP contribution >= 0.6 is 0 Å². The van der Waals surface area contributed by atoms with Crippen LogP contribution in [0.1, 0.15) is 63.2 Å². The zero-order chi connectivity index (χ0) is 13.6. The maximum atomic E-state index is 4.41. The van der Waals surface area contributed by atoms with Gasteiger partial charge in [-0.2, -0.15) is 15.4 Å². The average molecular weight is 277 g/mol. The second-order valence-corrected chi connectivity index (χ2v) is 6.17. The Labute approximate surface area is 121 Å². The highest BCUT2D eigenvalue weighted by Crippen LogP contribution is 2.28. The van der Waals surface area contributed by atoms with Crippen molar-refractivity contribution in [1.82, 2.24) is 25.2 Å². The summed E-state index contributed by atoms with van der Waals surface area (Å²) in [5.74, 6) is 0. The number of hydrogen-bond acceptors (Lipinski definition) is 4. The van der Waals surface area contributed by atoms with Crippen LogP contribution in [0.2, 0.25) is 0 Å². The Balaban J connectivity index is 1.78. The van der Waals surface area contributed by atoms with Gasteiger partial charge in [-0.1, -0.05) is 25.7 Å². The molecule has 1 aromatic heterocycles. The molecule has 112 valence electrons. The van der Waals surface area contributed by atoms with E-state index in [9.17, 15) is 0 Å². The largest absolute Gasteiger partial charge is 0.283 e. The van der Waals surface area contributed by atoms with E-state index in [1.54, 1.807) is 0 Å². The summed E-state index contributed by atoms with van der Waals surface area (Å²) in [6.45, 7) is 4.81. The third-order valence-electron chi connectivity index (χ3n) is 4.67. The third-order valence-corrected chi connectivity index (χ3v) is 4.67. The van der Waals surface area contributed by atoms with E-state index in [0.29, 0.717) is 6.17 Å². The monoisotopic (exact) mass is 277 g/mol. The highest BCUT2D eigenvalue weighted by atomic mass is 15.4. The van der Waals surface area contributed by atoms with Gasteiger partial charge in [-0.05, 0) is 25.7 Å². The molecule has 0 atom stereocenters. The molecule has 5 heteroatoms. The Bertz CT molecular complexity index is 342. The van der Waals surface area contributed by atoms with Gasteiger partial charge in [0.05, 0.1) is 6.20 Å². The minimum atomic E-state index is 0.338. The lowest BCUT2D eigenvalue weighted by molar-refractivity contribution is 0.0419. The van der Waals surface area contributed by atoms with E-state index in [4.69, 9.17) is 0 Å². The molecule has 0 unspecified atom stereocenters. The lowest BCUT2D eigenvalue weighted by Crippen LogP contribution is -2.42. The number of nitrogens with zero attached hydrogens (tertiary/aromatic N) is 4. The van der Waals surface area contributed by atoms with Gasteiger partial charge in [0.1, 0.15) is 11.9 Å². The van der Waals surface area contributed by atoms with Gasteiger partial charge >= 0.3 is 0 Å². The van der Waals surface area contributed by atoms with Crippen LogP contribution in [0.5, 0.6) is 0 Å². The number of aromatic nitrogens is 3. The van der Waals surface area contributed by atoms with E-state index >= 15 is 0 Å². The maximum Gasteiger partial charge on any atom is 0.114 e. The fourth-order valence-corrected chi connectivity index (χ4v) is 3.62. The number of nitrogens with one attached hydrogen (secondary N) is 1. The lowest BCUT2D eigenvalue weighted by atomic mass is 10.2. The van der Waals surface area contributed by atoms with Crippen molar-refractivity contribution in [2.24, 2.45) is 0 Å². The molecule has 3 rings (SSSR count). The number of aromatic amines is 1. The summed E-state index contributed by atoms with van der Waals surface area (Å²) >= 11 is 0.